The molecule has 0 aromatic heterocycles. The van der Waals surface area contributed by atoms with Crippen molar-refractivity contribution in [2.45, 2.75) is 51.7 Å². The molecule has 114 valence electrons. The Hall–Kier alpha value is -0.640. The van der Waals surface area contributed by atoms with E-state index in [1.807, 2.05) is 13.8 Å². The minimum Gasteiger partial charge on any atom is -0.379 e. The zero-order chi connectivity index (χ0) is 15.2. The Morgan fingerprint density at radius 2 is 2.10 bits per heavy atom. The van der Waals surface area contributed by atoms with Crippen LogP contribution in [0.4, 0.5) is 4.39 Å². The smallest absolute Gasteiger partial charge is 0.129 e. The molecule has 0 aliphatic rings. The van der Waals surface area contributed by atoms with Crippen LogP contribution in [0.3, 0.4) is 0 Å². The van der Waals surface area contributed by atoms with Crippen LogP contribution in [0.15, 0.2) is 18.2 Å². The fourth-order valence-corrected chi connectivity index (χ4v) is 2.22. The number of halogens is 2. The van der Waals surface area contributed by atoms with Crippen molar-refractivity contribution in [1.82, 2.24) is 5.32 Å². The highest BCUT2D eigenvalue weighted by molar-refractivity contribution is 6.30. The molecule has 0 saturated carbocycles. The Morgan fingerprint density at radius 3 is 2.65 bits per heavy atom. The lowest BCUT2D eigenvalue weighted by Crippen LogP contribution is -2.28. The summed E-state index contributed by atoms with van der Waals surface area (Å²) in [6, 6.07) is 4.87. The van der Waals surface area contributed by atoms with Crippen LogP contribution in [0.1, 0.15) is 51.6 Å². The molecule has 0 amide bonds. The fourth-order valence-electron chi connectivity index (χ4n) is 2.06. The molecule has 1 aromatic carbocycles. The highest BCUT2D eigenvalue weighted by Crippen LogP contribution is 2.27. The maximum absolute atomic E-state index is 14.1. The first-order chi connectivity index (χ1) is 9.39. The van der Waals surface area contributed by atoms with E-state index in [2.05, 4.69) is 12.2 Å². The molecule has 2 nitrogen and oxygen atoms in total. The van der Waals surface area contributed by atoms with Gasteiger partial charge in [0.2, 0.25) is 0 Å². The molecule has 1 unspecified atom stereocenters. The Labute approximate surface area is 126 Å². The Balaban J connectivity index is 2.82. The summed E-state index contributed by atoms with van der Waals surface area (Å²) in [6.45, 7) is 7.05. The zero-order valence-electron chi connectivity index (χ0n) is 12.8. The third-order valence-corrected chi connectivity index (χ3v) is 3.80. The van der Waals surface area contributed by atoms with E-state index in [4.69, 9.17) is 16.3 Å². The van der Waals surface area contributed by atoms with E-state index in [1.54, 1.807) is 19.2 Å². The van der Waals surface area contributed by atoms with Crippen LogP contribution in [0.2, 0.25) is 5.02 Å². The summed E-state index contributed by atoms with van der Waals surface area (Å²) in [6.07, 6.45) is 2.69. The Bertz CT molecular complexity index is 423. The molecule has 0 aliphatic heterocycles. The summed E-state index contributed by atoms with van der Waals surface area (Å²) in [5.74, 6) is -0.249. The van der Waals surface area contributed by atoms with Gasteiger partial charge in [0.05, 0.1) is 5.60 Å². The van der Waals surface area contributed by atoms with Gasteiger partial charge in [-0.15, -0.1) is 0 Å². The first-order valence-electron chi connectivity index (χ1n) is 7.13. The van der Waals surface area contributed by atoms with Crippen LogP contribution in [0.5, 0.6) is 0 Å². The van der Waals surface area contributed by atoms with E-state index in [1.165, 1.54) is 6.07 Å². The minimum atomic E-state index is -0.249. The minimum absolute atomic E-state index is 0.0124. The van der Waals surface area contributed by atoms with Gasteiger partial charge in [0.15, 0.2) is 0 Å². The number of ether oxygens (including phenoxy) is 1. The van der Waals surface area contributed by atoms with Gasteiger partial charge in [0, 0.05) is 23.7 Å². The SMILES string of the molecule is CCCNC(CCC(C)(C)OC)c1ccc(Cl)cc1F. The molecule has 1 N–H and O–H groups in total. The van der Waals surface area contributed by atoms with Crippen molar-refractivity contribution in [3.05, 3.63) is 34.6 Å². The highest BCUT2D eigenvalue weighted by Gasteiger charge is 2.21. The lowest BCUT2D eigenvalue weighted by atomic mass is 9.94. The molecule has 0 radical (unpaired) electrons. The van der Waals surface area contributed by atoms with Gasteiger partial charge in [-0.25, -0.2) is 4.39 Å². The first kappa shape index (κ1) is 17.4. The largest absolute Gasteiger partial charge is 0.379 e. The quantitative estimate of drug-likeness (QED) is 0.750. The number of methoxy groups -OCH3 is 1. The maximum atomic E-state index is 14.1. The summed E-state index contributed by atoms with van der Waals surface area (Å²) in [7, 11) is 1.71. The number of benzene rings is 1. The van der Waals surface area contributed by atoms with Gasteiger partial charge in [0.25, 0.3) is 0 Å². The summed E-state index contributed by atoms with van der Waals surface area (Å²) in [5.41, 5.74) is 0.476. The van der Waals surface area contributed by atoms with E-state index in [0.29, 0.717) is 10.6 Å². The molecule has 0 bridgehead atoms. The third-order valence-electron chi connectivity index (χ3n) is 3.57. The number of nitrogens with one attached hydrogen (secondary N) is 1. The van der Waals surface area contributed by atoms with Crippen molar-refractivity contribution in [1.29, 1.82) is 0 Å². The zero-order valence-corrected chi connectivity index (χ0v) is 13.6. The molecular formula is C16H25ClFNO. The molecule has 4 heteroatoms. The molecule has 20 heavy (non-hydrogen) atoms. The lowest BCUT2D eigenvalue weighted by Gasteiger charge is -2.27. The topological polar surface area (TPSA) is 21.3 Å². The second-order valence-electron chi connectivity index (χ2n) is 5.68. The lowest BCUT2D eigenvalue weighted by molar-refractivity contribution is 0.0116. The van der Waals surface area contributed by atoms with E-state index in [0.717, 1.165) is 25.8 Å². The second kappa shape index (κ2) is 7.96. The van der Waals surface area contributed by atoms with E-state index < -0.39 is 0 Å². The molecule has 0 spiro atoms. The Kier molecular flexibility index (Phi) is 6.93. The third kappa shape index (κ3) is 5.39. The van der Waals surface area contributed by atoms with E-state index in [-0.39, 0.29) is 17.5 Å². The molecule has 1 aromatic rings. The van der Waals surface area contributed by atoms with E-state index >= 15 is 0 Å². The van der Waals surface area contributed by atoms with Gasteiger partial charge in [-0.05, 0) is 51.8 Å². The summed E-state index contributed by atoms with van der Waals surface area (Å²) in [4.78, 5) is 0. The van der Waals surface area contributed by atoms with Crippen molar-refractivity contribution >= 4 is 11.6 Å². The average molecular weight is 302 g/mol. The summed E-state index contributed by atoms with van der Waals surface area (Å²) >= 11 is 5.82. The van der Waals surface area contributed by atoms with Gasteiger partial charge in [0.1, 0.15) is 5.82 Å². The Morgan fingerprint density at radius 1 is 1.40 bits per heavy atom. The van der Waals surface area contributed by atoms with Crippen LogP contribution in [-0.2, 0) is 4.74 Å². The number of hydrogen-bond donors (Lipinski definition) is 1. The van der Waals surface area contributed by atoms with Gasteiger partial charge in [-0.2, -0.15) is 0 Å². The van der Waals surface area contributed by atoms with Gasteiger partial charge < -0.3 is 10.1 Å². The van der Waals surface area contributed by atoms with E-state index in [9.17, 15) is 4.39 Å². The molecule has 0 aliphatic carbocycles. The van der Waals surface area contributed by atoms with Gasteiger partial charge in [-0.3, -0.25) is 0 Å². The van der Waals surface area contributed by atoms with Crippen molar-refractivity contribution in [2.75, 3.05) is 13.7 Å². The average Bonchev–Trinajstić information content (AvgIpc) is 2.40. The molecule has 1 rings (SSSR count). The van der Waals surface area contributed by atoms with Crippen LogP contribution >= 0.6 is 11.6 Å². The van der Waals surface area contributed by atoms with Gasteiger partial charge in [-0.1, -0.05) is 24.6 Å². The van der Waals surface area contributed by atoms with Crippen LogP contribution in [0, 0.1) is 5.82 Å². The van der Waals surface area contributed by atoms with Crippen LogP contribution in [-0.4, -0.2) is 19.3 Å². The molecular weight excluding hydrogens is 277 g/mol. The van der Waals surface area contributed by atoms with Crippen LogP contribution in [0.25, 0.3) is 0 Å². The second-order valence-corrected chi connectivity index (χ2v) is 6.11. The van der Waals surface area contributed by atoms with Crippen molar-refractivity contribution in [2.24, 2.45) is 0 Å². The normalized spacial score (nSPS) is 13.5. The fraction of sp³-hybridized carbons (Fsp3) is 0.625. The van der Waals surface area contributed by atoms with Crippen LogP contribution < -0.4 is 5.32 Å². The monoisotopic (exact) mass is 301 g/mol. The summed E-state index contributed by atoms with van der Waals surface area (Å²) in [5, 5.41) is 3.83. The van der Waals surface area contributed by atoms with Crippen molar-refractivity contribution in [3.8, 4) is 0 Å². The first-order valence-corrected chi connectivity index (χ1v) is 7.51. The van der Waals surface area contributed by atoms with Crippen molar-refractivity contribution < 1.29 is 9.13 Å². The highest BCUT2D eigenvalue weighted by atomic mass is 35.5. The standard InChI is InChI=1S/C16H25ClFNO/c1-5-10-19-15(8-9-16(2,3)20-4)13-7-6-12(17)11-14(13)18/h6-7,11,15,19H,5,8-10H2,1-4H3. The maximum Gasteiger partial charge on any atom is 0.129 e. The predicted octanol–water partition coefficient (Wildman–Crippen LogP) is 4.73. The molecule has 0 fully saturated rings. The number of hydrogen-bond acceptors (Lipinski definition) is 2. The summed E-state index contributed by atoms with van der Waals surface area (Å²) < 4.78 is 19.5. The molecule has 0 saturated heterocycles. The van der Waals surface area contributed by atoms with Crippen molar-refractivity contribution in [3.63, 3.8) is 0 Å². The molecule has 1 atom stereocenters. The predicted molar refractivity (Wildman–Crippen MR) is 82.8 cm³/mol. The van der Waals surface area contributed by atoms with Gasteiger partial charge >= 0.3 is 0 Å². The number of rotatable bonds is 8. The molecule has 0 heterocycles.